The molecule has 0 aliphatic heterocycles. The summed E-state index contributed by atoms with van der Waals surface area (Å²) < 4.78 is 16.8. The SMILES string of the molecule is CCOCC(C)OC(c1ccc(C)o1)C(C)N. The van der Waals surface area contributed by atoms with E-state index in [1.54, 1.807) is 0 Å². The van der Waals surface area contributed by atoms with Crippen molar-refractivity contribution in [2.75, 3.05) is 13.2 Å². The van der Waals surface area contributed by atoms with Crippen LogP contribution in [0.3, 0.4) is 0 Å². The molecule has 4 heteroatoms. The molecular formula is C13H23NO3. The molecule has 17 heavy (non-hydrogen) atoms. The quantitative estimate of drug-likeness (QED) is 0.796. The summed E-state index contributed by atoms with van der Waals surface area (Å²) in [6, 6.07) is 3.71. The molecule has 1 aromatic heterocycles. The molecule has 3 unspecified atom stereocenters. The van der Waals surface area contributed by atoms with Crippen molar-refractivity contribution < 1.29 is 13.9 Å². The lowest BCUT2D eigenvalue weighted by molar-refractivity contribution is -0.0627. The van der Waals surface area contributed by atoms with Crippen LogP contribution < -0.4 is 5.73 Å². The highest BCUT2D eigenvalue weighted by atomic mass is 16.5. The van der Waals surface area contributed by atoms with Gasteiger partial charge in [-0.15, -0.1) is 0 Å². The first-order valence-electron chi connectivity index (χ1n) is 6.09. The standard InChI is InChI=1S/C13H23NO3/c1-5-15-8-10(3)17-13(11(4)14)12-7-6-9(2)16-12/h6-7,10-11,13H,5,8,14H2,1-4H3. The molecule has 0 radical (unpaired) electrons. The summed E-state index contributed by atoms with van der Waals surface area (Å²) in [4.78, 5) is 0. The molecule has 1 aromatic rings. The topological polar surface area (TPSA) is 57.6 Å². The van der Waals surface area contributed by atoms with E-state index in [0.717, 1.165) is 11.5 Å². The molecule has 0 aliphatic rings. The molecule has 0 bridgehead atoms. The molecule has 0 saturated carbocycles. The molecule has 0 saturated heterocycles. The van der Waals surface area contributed by atoms with Gasteiger partial charge in [0.25, 0.3) is 0 Å². The van der Waals surface area contributed by atoms with Crippen molar-refractivity contribution >= 4 is 0 Å². The van der Waals surface area contributed by atoms with Gasteiger partial charge in [0.05, 0.1) is 12.7 Å². The van der Waals surface area contributed by atoms with Crippen molar-refractivity contribution in [1.29, 1.82) is 0 Å². The van der Waals surface area contributed by atoms with E-state index < -0.39 is 0 Å². The summed E-state index contributed by atoms with van der Waals surface area (Å²) in [7, 11) is 0. The molecule has 2 N–H and O–H groups in total. The van der Waals surface area contributed by atoms with Crippen LogP contribution in [0.4, 0.5) is 0 Å². The average Bonchev–Trinajstić information content (AvgIpc) is 2.69. The van der Waals surface area contributed by atoms with Gasteiger partial charge in [-0.1, -0.05) is 0 Å². The molecule has 1 heterocycles. The fourth-order valence-corrected chi connectivity index (χ4v) is 1.63. The van der Waals surface area contributed by atoms with Crippen LogP contribution in [0.5, 0.6) is 0 Å². The number of hydrogen-bond donors (Lipinski definition) is 1. The molecule has 0 amide bonds. The predicted octanol–water partition coefficient (Wildman–Crippen LogP) is 2.42. The first kappa shape index (κ1) is 14.2. The average molecular weight is 241 g/mol. The maximum atomic E-state index is 5.93. The predicted molar refractivity (Wildman–Crippen MR) is 66.9 cm³/mol. The van der Waals surface area contributed by atoms with Crippen LogP contribution in [0.1, 0.15) is 38.4 Å². The van der Waals surface area contributed by atoms with Gasteiger partial charge in [0, 0.05) is 12.6 Å². The zero-order valence-electron chi connectivity index (χ0n) is 11.1. The van der Waals surface area contributed by atoms with E-state index in [1.807, 2.05) is 39.8 Å². The van der Waals surface area contributed by atoms with E-state index >= 15 is 0 Å². The Bertz CT molecular complexity index is 322. The van der Waals surface area contributed by atoms with Crippen molar-refractivity contribution in [3.05, 3.63) is 23.7 Å². The Morgan fingerprint density at radius 2 is 2.06 bits per heavy atom. The normalized spacial score (nSPS) is 16.8. The summed E-state index contributed by atoms with van der Waals surface area (Å²) in [5, 5.41) is 0. The Labute approximate surface area is 103 Å². The number of furan rings is 1. The van der Waals surface area contributed by atoms with Crippen LogP contribution in [0.25, 0.3) is 0 Å². The summed E-state index contributed by atoms with van der Waals surface area (Å²) in [5.41, 5.74) is 5.93. The largest absolute Gasteiger partial charge is 0.464 e. The zero-order chi connectivity index (χ0) is 12.8. The van der Waals surface area contributed by atoms with E-state index in [-0.39, 0.29) is 18.2 Å². The molecule has 0 aliphatic carbocycles. The Balaban J connectivity index is 2.61. The third-order valence-corrected chi connectivity index (χ3v) is 2.45. The van der Waals surface area contributed by atoms with Crippen molar-refractivity contribution in [1.82, 2.24) is 0 Å². The minimum Gasteiger partial charge on any atom is -0.464 e. The number of nitrogens with two attached hydrogens (primary N) is 1. The van der Waals surface area contributed by atoms with E-state index in [4.69, 9.17) is 19.6 Å². The zero-order valence-corrected chi connectivity index (χ0v) is 11.1. The smallest absolute Gasteiger partial charge is 0.134 e. The molecule has 0 aromatic carbocycles. The van der Waals surface area contributed by atoms with Gasteiger partial charge in [0.15, 0.2) is 0 Å². The fraction of sp³-hybridized carbons (Fsp3) is 0.692. The summed E-state index contributed by atoms with van der Waals surface area (Å²) >= 11 is 0. The van der Waals surface area contributed by atoms with Crippen molar-refractivity contribution in [3.63, 3.8) is 0 Å². The van der Waals surface area contributed by atoms with E-state index in [0.29, 0.717) is 13.2 Å². The van der Waals surface area contributed by atoms with E-state index in [2.05, 4.69) is 0 Å². The third-order valence-electron chi connectivity index (χ3n) is 2.45. The van der Waals surface area contributed by atoms with Gasteiger partial charge in [-0.25, -0.2) is 0 Å². The van der Waals surface area contributed by atoms with Crippen molar-refractivity contribution in [2.24, 2.45) is 5.73 Å². The second-order valence-electron chi connectivity index (χ2n) is 4.33. The van der Waals surface area contributed by atoms with Crippen LogP contribution in [0.15, 0.2) is 16.5 Å². The van der Waals surface area contributed by atoms with E-state index in [1.165, 1.54) is 0 Å². The molecule has 0 spiro atoms. The Hall–Kier alpha value is -0.840. The minimum atomic E-state index is -0.223. The summed E-state index contributed by atoms with van der Waals surface area (Å²) in [6.07, 6.45) is -0.226. The highest BCUT2D eigenvalue weighted by Crippen LogP contribution is 2.24. The lowest BCUT2D eigenvalue weighted by atomic mass is 10.1. The number of hydrogen-bond acceptors (Lipinski definition) is 4. The maximum Gasteiger partial charge on any atom is 0.134 e. The highest BCUT2D eigenvalue weighted by molar-refractivity contribution is 5.09. The maximum absolute atomic E-state index is 5.93. The van der Waals surface area contributed by atoms with Crippen LogP contribution in [0.2, 0.25) is 0 Å². The van der Waals surface area contributed by atoms with Gasteiger partial charge in [-0.2, -0.15) is 0 Å². The Morgan fingerprint density at radius 3 is 2.53 bits per heavy atom. The van der Waals surface area contributed by atoms with E-state index in [9.17, 15) is 0 Å². The van der Waals surface area contributed by atoms with Crippen LogP contribution in [0, 0.1) is 6.92 Å². The minimum absolute atomic E-state index is 0.00337. The van der Waals surface area contributed by atoms with Gasteiger partial charge in [-0.05, 0) is 39.8 Å². The lowest BCUT2D eigenvalue weighted by Crippen LogP contribution is -2.31. The second kappa shape index (κ2) is 6.79. The van der Waals surface area contributed by atoms with Crippen LogP contribution in [-0.4, -0.2) is 25.4 Å². The summed E-state index contributed by atoms with van der Waals surface area (Å²) in [6.45, 7) is 9.02. The molecule has 98 valence electrons. The van der Waals surface area contributed by atoms with Gasteiger partial charge >= 0.3 is 0 Å². The van der Waals surface area contributed by atoms with Gasteiger partial charge in [-0.3, -0.25) is 0 Å². The molecule has 0 fully saturated rings. The van der Waals surface area contributed by atoms with Crippen LogP contribution in [-0.2, 0) is 9.47 Å². The fourth-order valence-electron chi connectivity index (χ4n) is 1.63. The molecular weight excluding hydrogens is 218 g/mol. The third kappa shape index (κ3) is 4.50. The van der Waals surface area contributed by atoms with Crippen molar-refractivity contribution in [3.8, 4) is 0 Å². The van der Waals surface area contributed by atoms with Crippen LogP contribution >= 0.6 is 0 Å². The van der Waals surface area contributed by atoms with Gasteiger partial charge < -0.3 is 19.6 Å². The molecule has 3 atom stereocenters. The molecule has 4 nitrogen and oxygen atoms in total. The monoisotopic (exact) mass is 241 g/mol. The Kier molecular flexibility index (Phi) is 5.68. The number of ether oxygens (including phenoxy) is 2. The number of aryl methyl sites for hydroxylation is 1. The highest BCUT2D eigenvalue weighted by Gasteiger charge is 2.22. The van der Waals surface area contributed by atoms with Gasteiger partial charge in [0.1, 0.15) is 17.6 Å². The number of rotatable bonds is 7. The first-order valence-corrected chi connectivity index (χ1v) is 6.09. The lowest BCUT2D eigenvalue weighted by Gasteiger charge is -2.23. The van der Waals surface area contributed by atoms with Crippen molar-refractivity contribution in [2.45, 2.75) is 45.9 Å². The second-order valence-corrected chi connectivity index (χ2v) is 4.33. The molecule has 1 rings (SSSR count). The van der Waals surface area contributed by atoms with Gasteiger partial charge in [0.2, 0.25) is 0 Å². The first-order chi connectivity index (χ1) is 8.04. The Morgan fingerprint density at radius 1 is 1.35 bits per heavy atom. The summed E-state index contributed by atoms with van der Waals surface area (Å²) in [5.74, 6) is 1.65.